The predicted molar refractivity (Wildman–Crippen MR) is 66.8 cm³/mol. The van der Waals surface area contributed by atoms with Gasteiger partial charge >= 0.3 is 5.97 Å². The van der Waals surface area contributed by atoms with E-state index in [1.165, 1.54) is 13.0 Å². The van der Waals surface area contributed by atoms with Crippen LogP contribution in [0.1, 0.15) is 12.5 Å². The molecule has 1 aliphatic rings. The van der Waals surface area contributed by atoms with E-state index in [9.17, 15) is 9.59 Å². The molecule has 0 aliphatic carbocycles. The fraction of sp³-hybridized carbons (Fsp3) is 0.231. The van der Waals surface area contributed by atoms with Crippen LogP contribution >= 0.6 is 0 Å². The lowest BCUT2D eigenvalue weighted by Crippen LogP contribution is -2.37. The van der Waals surface area contributed by atoms with Crippen molar-refractivity contribution >= 4 is 18.0 Å². The fourth-order valence-electron chi connectivity index (χ4n) is 1.64. The zero-order valence-corrected chi connectivity index (χ0v) is 10.3. The highest BCUT2D eigenvalue weighted by Crippen LogP contribution is 2.32. The second-order valence-corrected chi connectivity index (χ2v) is 3.99. The molecule has 1 aromatic rings. The van der Waals surface area contributed by atoms with Crippen molar-refractivity contribution in [1.29, 1.82) is 0 Å². The van der Waals surface area contributed by atoms with Crippen LogP contribution in [0.5, 0.6) is 11.5 Å². The largest absolute Gasteiger partial charge is 0.479 e. The van der Waals surface area contributed by atoms with Gasteiger partial charge in [0.2, 0.25) is 12.7 Å². The number of carbonyl (C=O) groups excluding carboxylic acids is 1. The number of nitrogens with one attached hydrogen (secondary N) is 1. The average Bonchev–Trinajstić information content (AvgIpc) is 2.80. The van der Waals surface area contributed by atoms with Gasteiger partial charge in [0.25, 0.3) is 0 Å². The van der Waals surface area contributed by atoms with Crippen LogP contribution in [0.15, 0.2) is 24.3 Å². The normalized spacial score (nSPS) is 14.4. The topological polar surface area (TPSA) is 84.9 Å². The minimum absolute atomic E-state index is 0.187. The predicted octanol–water partition coefficient (Wildman–Crippen LogP) is 1.02. The minimum atomic E-state index is -1.12. The molecule has 0 aromatic heterocycles. The van der Waals surface area contributed by atoms with Crippen LogP contribution in [-0.4, -0.2) is 29.8 Å². The molecular formula is C13H13NO5. The number of aliphatic carboxylic acids is 1. The summed E-state index contributed by atoms with van der Waals surface area (Å²) in [6.45, 7) is 1.45. The summed E-state index contributed by atoms with van der Waals surface area (Å²) in [5.41, 5.74) is 0.765. The molecule has 0 radical (unpaired) electrons. The highest BCUT2D eigenvalue weighted by atomic mass is 16.7. The number of carboxylic acids is 1. The van der Waals surface area contributed by atoms with Crippen molar-refractivity contribution < 1.29 is 24.2 Å². The lowest BCUT2D eigenvalue weighted by atomic mass is 10.1. The molecule has 1 aliphatic heterocycles. The SMILES string of the molecule is CC(=O)NC(C=Cc1ccc2c(c1)OCO2)C(=O)O. The molecule has 1 atom stereocenters. The number of hydrogen-bond acceptors (Lipinski definition) is 4. The summed E-state index contributed by atoms with van der Waals surface area (Å²) in [6.07, 6.45) is 3.01. The Morgan fingerprint density at radius 1 is 1.37 bits per heavy atom. The molecule has 2 N–H and O–H groups in total. The van der Waals surface area contributed by atoms with E-state index in [0.29, 0.717) is 11.5 Å². The second-order valence-electron chi connectivity index (χ2n) is 3.99. The maximum Gasteiger partial charge on any atom is 0.330 e. The van der Waals surface area contributed by atoms with Crippen molar-refractivity contribution in [2.45, 2.75) is 13.0 Å². The number of hydrogen-bond donors (Lipinski definition) is 2. The molecule has 0 fully saturated rings. The van der Waals surface area contributed by atoms with Gasteiger partial charge in [-0.1, -0.05) is 18.2 Å². The van der Waals surface area contributed by atoms with Crippen molar-refractivity contribution in [3.8, 4) is 11.5 Å². The van der Waals surface area contributed by atoms with Crippen LogP contribution < -0.4 is 14.8 Å². The van der Waals surface area contributed by atoms with Gasteiger partial charge in [-0.05, 0) is 17.7 Å². The lowest BCUT2D eigenvalue weighted by molar-refractivity contribution is -0.140. The van der Waals surface area contributed by atoms with Gasteiger partial charge in [-0.25, -0.2) is 4.79 Å². The van der Waals surface area contributed by atoms with Gasteiger partial charge in [-0.15, -0.1) is 0 Å². The smallest absolute Gasteiger partial charge is 0.330 e. The molecule has 100 valence electrons. The molecule has 6 nitrogen and oxygen atoms in total. The Balaban J connectivity index is 2.12. The van der Waals surface area contributed by atoms with Gasteiger partial charge in [0.05, 0.1) is 0 Å². The van der Waals surface area contributed by atoms with E-state index in [1.54, 1.807) is 24.3 Å². The Labute approximate surface area is 109 Å². The quantitative estimate of drug-likeness (QED) is 0.847. The van der Waals surface area contributed by atoms with Gasteiger partial charge in [0.15, 0.2) is 11.5 Å². The van der Waals surface area contributed by atoms with Gasteiger partial charge < -0.3 is 19.9 Å². The second kappa shape index (κ2) is 5.43. The molecule has 0 saturated carbocycles. The fourth-order valence-corrected chi connectivity index (χ4v) is 1.64. The van der Waals surface area contributed by atoms with Crippen LogP contribution in [0.3, 0.4) is 0 Å². The average molecular weight is 263 g/mol. The van der Waals surface area contributed by atoms with E-state index in [0.717, 1.165) is 5.56 Å². The number of fused-ring (bicyclic) bond motifs is 1. The van der Waals surface area contributed by atoms with Crippen LogP contribution in [0.2, 0.25) is 0 Å². The zero-order chi connectivity index (χ0) is 13.8. The first-order valence-corrected chi connectivity index (χ1v) is 5.64. The summed E-state index contributed by atoms with van der Waals surface area (Å²) < 4.78 is 10.4. The van der Waals surface area contributed by atoms with Crippen molar-refractivity contribution in [3.63, 3.8) is 0 Å². The van der Waals surface area contributed by atoms with Crippen LogP contribution in [0.4, 0.5) is 0 Å². The van der Waals surface area contributed by atoms with E-state index < -0.39 is 17.9 Å². The van der Waals surface area contributed by atoms with Gasteiger partial charge in [-0.2, -0.15) is 0 Å². The summed E-state index contributed by atoms with van der Waals surface area (Å²) in [5.74, 6) is -0.239. The van der Waals surface area contributed by atoms with E-state index in [1.807, 2.05) is 0 Å². The maximum absolute atomic E-state index is 10.9. The summed E-state index contributed by atoms with van der Waals surface area (Å²) in [4.78, 5) is 21.8. The molecule has 1 amide bonds. The minimum Gasteiger partial charge on any atom is -0.479 e. The van der Waals surface area contributed by atoms with E-state index >= 15 is 0 Å². The molecule has 1 heterocycles. The number of carboxylic acid groups (broad SMARTS) is 1. The highest BCUT2D eigenvalue weighted by molar-refractivity contribution is 5.84. The molecule has 6 heteroatoms. The molecule has 0 bridgehead atoms. The standard InChI is InChI=1S/C13H13NO5/c1-8(15)14-10(13(16)17)4-2-9-3-5-11-12(6-9)19-7-18-11/h2-6,10H,7H2,1H3,(H,14,15)(H,16,17). The lowest BCUT2D eigenvalue weighted by Gasteiger charge is -2.08. The van der Waals surface area contributed by atoms with E-state index in [4.69, 9.17) is 14.6 Å². The number of rotatable bonds is 4. The maximum atomic E-state index is 10.9. The monoisotopic (exact) mass is 263 g/mol. The third-order valence-electron chi connectivity index (χ3n) is 2.50. The number of amides is 1. The van der Waals surface area contributed by atoms with E-state index in [2.05, 4.69) is 5.32 Å². The third-order valence-corrected chi connectivity index (χ3v) is 2.50. The van der Waals surface area contributed by atoms with Crippen LogP contribution in [0.25, 0.3) is 6.08 Å². The molecular weight excluding hydrogens is 250 g/mol. The molecule has 0 spiro atoms. The van der Waals surface area contributed by atoms with Crippen molar-refractivity contribution in [2.24, 2.45) is 0 Å². The number of ether oxygens (including phenoxy) is 2. The van der Waals surface area contributed by atoms with Gasteiger partial charge in [-0.3, -0.25) is 4.79 Å². The third kappa shape index (κ3) is 3.25. The van der Waals surface area contributed by atoms with E-state index in [-0.39, 0.29) is 6.79 Å². The summed E-state index contributed by atoms with van der Waals surface area (Å²) in [7, 11) is 0. The summed E-state index contributed by atoms with van der Waals surface area (Å²) >= 11 is 0. The molecule has 2 rings (SSSR count). The zero-order valence-electron chi connectivity index (χ0n) is 10.3. The molecule has 1 unspecified atom stereocenters. The van der Waals surface area contributed by atoms with Crippen molar-refractivity contribution in [3.05, 3.63) is 29.8 Å². The highest BCUT2D eigenvalue weighted by Gasteiger charge is 2.15. The Bertz CT molecular complexity index is 538. The Morgan fingerprint density at radius 2 is 2.11 bits per heavy atom. The van der Waals surface area contributed by atoms with Crippen molar-refractivity contribution in [2.75, 3.05) is 6.79 Å². The first-order chi connectivity index (χ1) is 9.06. The Kier molecular flexibility index (Phi) is 3.70. The Morgan fingerprint density at radius 3 is 2.79 bits per heavy atom. The molecule has 19 heavy (non-hydrogen) atoms. The van der Waals surface area contributed by atoms with Crippen molar-refractivity contribution in [1.82, 2.24) is 5.32 Å². The summed E-state index contributed by atoms with van der Waals surface area (Å²) in [6, 6.07) is 4.21. The first kappa shape index (κ1) is 12.9. The van der Waals surface area contributed by atoms with Gasteiger partial charge in [0.1, 0.15) is 6.04 Å². The Hall–Kier alpha value is -2.50. The summed E-state index contributed by atoms with van der Waals surface area (Å²) in [5, 5.41) is 11.3. The van der Waals surface area contributed by atoms with Crippen LogP contribution in [0, 0.1) is 0 Å². The molecule has 1 aromatic carbocycles. The van der Waals surface area contributed by atoms with Gasteiger partial charge in [0, 0.05) is 6.92 Å². The van der Waals surface area contributed by atoms with Crippen LogP contribution in [-0.2, 0) is 9.59 Å². The first-order valence-electron chi connectivity index (χ1n) is 5.64. The number of carbonyl (C=O) groups is 2. The number of benzene rings is 1. The molecule has 0 saturated heterocycles.